The van der Waals surface area contributed by atoms with Crippen molar-refractivity contribution in [2.24, 2.45) is 29.1 Å². The van der Waals surface area contributed by atoms with Gasteiger partial charge >= 0.3 is 11.9 Å². The first kappa shape index (κ1) is 23.0. The first-order chi connectivity index (χ1) is 13.2. The number of hydrogen-bond donors (Lipinski definition) is 2. The van der Waals surface area contributed by atoms with Crippen LogP contribution in [0.1, 0.15) is 98.3 Å². The number of allylic oxidation sites excluding steroid dienone is 1. The predicted molar refractivity (Wildman–Crippen MR) is 112 cm³/mol. The van der Waals surface area contributed by atoms with E-state index in [4.69, 9.17) is 0 Å². The van der Waals surface area contributed by atoms with Crippen LogP contribution in [0.2, 0.25) is 0 Å². The third kappa shape index (κ3) is 5.18. The van der Waals surface area contributed by atoms with Gasteiger partial charge in [0.25, 0.3) is 0 Å². The fraction of sp³-hybridized carbons (Fsp3) is 0.833. The summed E-state index contributed by atoms with van der Waals surface area (Å²) >= 11 is 0. The topological polar surface area (TPSA) is 74.6 Å². The van der Waals surface area contributed by atoms with Crippen LogP contribution >= 0.6 is 0 Å². The number of carboxylic acids is 2. The van der Waals surface area contributed by atoms with Gasteiger partial charge in [-0.25, -0.2) is 9.59 Å². The number of rotatable bonds is 8. The molecular weight excluding hydrogens is 352 g/mol. The van der Waals surface area contributed by atoms with Crippen molar-refractivity contribution < 1.29 is 19.8 Å². The highest BCUT2D eigenvalue weighted by Gasteiger charge is 2.49. The maximum atomic E-state index is 12.2. The summed E-state index contributed by atoms with van der Waals surface area (Å²) in [6, 6.07) is 0. The van der Waals surface area contributed by atoms with Crippen LogP contribution in [0.15, 0.2) is 11.1 Å². The van der Waals surface area contributed by atoms with Crippen molar-refractivity contribution in [1.29, 1.82) is 0 Å². The number of aliphatic carboxylic acids is 2. The molecule has 0 radical (unpaired) electrons. The molecule has 2 atom stereocenters. The Kier molecular flexibility index (Phi) is 8.15. The van der Waals surface area contributed by atoms with Gasteiger partial charge in [0.2, 0.25) is 0 Å². The normalized spacial score (nSPS) is 26.4. The van der Waals surface area contributed by atoms with Crippen LogP contribution in [0.3, 0.4) is 0 Å². The van der Waals surface area contributed by atoms with Crippen molar-refractivity contribution in [3.63, 3.8) is 0 Å². The Hall–Kier alpha value is -1.32. The highest BCUT2D eigenvalue weighted by Crippen LogP contribution is 2.57. The van der Waals surface area contributed by atoms with E-state index in [2.05, 4.69) is 27.7 Å². The first-order valence-electron chi connectivity index (χ1n) is 11.4. The Morgan fingerprint density at radius 1 is 0.857 bits per heavy atom. The summed E-state index contributed by atoms with van der Waals surface area (Å²) in [4.78, 5) is 24.4. The van der Waals surface area contributed by atoms with Gasteiger partial charge in [-0.3, -0.25) is 0 Å². The average Bonchev–Trinajstić information content (AvgIpc) is 2.60. The van der Waals surface area contributed by atoms with E-state index in [-0.39, 0.29) is 16.9 Å². The van der Waals surface area contributed by atoms with E-state index in [1.54, 1.807) is 0 Å². The lowest BCUT2D eigenvalue weighted by molar-refractivity contribution is -0.140. The molecule has 0 amide bonds. The second kappa shape index (κ2) is 9.93. The second-order valence-corrected chi connectivity index (χ2v) is 10.1. The van der Waals surface area contributed by atoms with E-state index in [1.165, 1.54) is 12.8 Å². The SMILES string of the molecule is CC(C)CC1CCCCC1(CC(C)C)C(=C(C(=O)O)C(=O)O)C1CCCCC1. The van der Waals surface area contributed by atoms with Gasteiger partial charge in [-0.05, 0) is 73.2 Å². The van der Waals surface area contributed by atoms with Crippen molar-refractivity contribution in [3.8, 4) is 0 Å². The van der Waals surface area contributed by atoms with E-state index in [1.807, 2.05) is 0 Å². The first-order valence-corrected chi connectivity index (χ1v) is 11.4. The van der Waals surface area contributed by atoms with Crippen LogP contribution in [0.25, 0.3) is 0 Å². The van der Waals surface area contributed by atoms with Gasteiger partial charge < -0.3 is 10.2 Å². The molecule has 0 bridgehead atoms. The summed E-state index contributed by atoms with van der Waals surface area (Å²) in [6.45, 7) is 8.85. The van der Waals surface area contributed by atoms with Crippen molar-refractivity contribution in [2.75, 3.05) is 0 Å². The van der Waals surface area contributed by atoms with Crippen LogP contribution < -0.4 is 0 Å². The van der Waals surface area contributed by atoms with Gasteiger partial charge in [-0.15, -0.1) is 0 Å². The van der Waals surface area contributed by atoms with Crippen LogP contribution in [-0.4, -0.2) is 22.2 Å². The zero-order valence-electron chi connectivity index (χ0n) is 18.3. The Balaban J connectivity index is 2.71. The van der Waals surface area contributed by atoms with E-state index in [0.717, 1.165) is 63.4 Å². The molecule has 2 saturated carbocycles. The van der Waals surface area contributed by atoms with E-state index >= 15 is 0 Å². The van der Waals surface area contributed by atoms with Gasteiger partial charge in [0.1, 0.15) is 5.57 Å². The van der Waals surface area contributed by atoms with Gasteiger partial charge in [0.15, 0.2) is 0 Å². The Bertz CT molecular complexity index is 567. The monoisotopic (exact) mass is 392 g/mol. The van der Waals surface area contributed by atoms with Crippen LogP contribution in [0, 0.1) is 29.1 Å². The predicted octanol–water partition coefficient (Wildman–Crippen LogP) is 6.30. The zero-order valence-corrected chi connectivity index (χ0v) is 18.3. The van der Waals surface area contributed by atoms with Crippen LogP contribution in [-0.2, 0) is 9.59 Å². The molecule has 28 heavy (non-hydrogen) atoms. The summed E-state index contributed by atoms with van der Waals surface area (Å²) in [5.41, 5.74) is 0.236. The van der Waals surface area contributed by atoms with Crippen molar-refractivity contribution in [3.05, 3.63) is 11.1 Å². The average molecular weight is 393 g/mol. The minimum absolute atomic E-state index is 0.113. The largest absolute Gasteiger partial charge is 0.477 e. The molecule has 2 rings (SSSR count). The molecule has 2 fully saturated rings. The van der Waals surface area contributed by atoms with Gasteiger partial charge in [0.05, 0.1) is 0 Å². The van der Waals surface area contributed by atoms with Gasteiger partial charge in [-0.1, -0.05) is 59.8 Å². The minimum atomic E-state index is -1.25. The Morgan fingerprint density at radius 3 is 1.93 bits per heavy atom. The summed E-state index contributed by atoms with van der Waals surface area (Å²) < 4.78 is 0. The van der Waals surface area contributed by atoms with Gasteiger partial charge in [-0.2, -0.15) is 0 Å². The summed E-state index contributed by atoms with van der Waals surface area (Å²) in [7, 11) is 0. The fourth-order valence-corrected chi connectivity index (χ4v) is 6.26. The van der Waals surface area contributed by atoms with E-state index in [9.17, 15) is 19.8 Å². The molecule has 2 unspecified atom stereocenters. The molecule has 4 heteroatoms. The standard InChI is InChI=1S/C24H40O4/c1-16(2)14-19-12-8-9-13-24(19,15-17(3)4)21(18-10-6-5-7-11-18)20(22(25)26)23(27)28/h16-19H,5-15H2,1-4H3,(H,25,26)(H,27,28). The molecule has 2 N–H and O–H groups in total. The quantitative estimate of drug-likeness (QED) is 0.289. The second-order valence-electron chi connectivity index (χ2n) is 10.1. The summed E-state index contributed by atoms with van der Waals surface area (Å²) in [6.07, 6.45) is 11.4. The molecule has 4 nitrogen and oxygen atoms in total. The molecule has 160 valence electrons. The lowest BCUT2D eigenvalue weighted by Crippen LogP contribution is -2.42. The molecule has 0 spiro atoms. The minimum Gasteiger partial charge on any atom is -0.477 e. The Labute approximate surface area is 170 Å². The molecule has 2 aliphatic carbocycles. The van der Waals surface area contributed by atoms with Crippen molar-refractivity contribution in [2.45, 2.75) is 98.3 Å². The zero-order chi connectivity index (χ0) is 20.9. The molecular formula is C24H40O4. The molecule has 2 aliphatic rings. The third-order valence-electron chi connectivity index (χ3n) is 6.98. The lowest BCUT2D eigenvalue weighted by atomic mass is 9.53. The van der Waals surface area contributed by atoms with E-state index < -0.39 is 11.9 Å². The van der Waals surface area contributed by atoms with E-state index in [0.29, 0.717) is 17.8 Å². The van der Waals surface area contributed by atoms with Crippen molar-refractivity contribution >= 4 is 11.9 Å². The number of hydrogen-bond acceptors (Lipinski definition) is 2. The Morgan fingerprint density at radius 2 is 1.43 bits per heavy atom. The highest BCUT2D eigenvalue weighted by molar-refractivity contribution is 6.13. The van der Waals surface area contributed by atoms with Gasteiger partial charge in [0, 0.05) is 0 Å². The molecule has 0 aromatic heterocycles. The molecule has 0 aromatic rings. The number of carboxylic acid groups (broad SMARTS) is 2. The number of carbonyl (C=O) groups is 2. The fourth-order valence-electron chi connectivity index (χ4n) is 6.26. The molecule has 0 aliphatic heterocycles. The molecule has 0 heterocycles. The summed E-state index contributed by atoms with van der Waals surface area (Å²) in [5.74, 6) is -1.05. The lowest BCUT2D eigenvalue weighted by Gasteiger charge is -2.51. The molecule has 0 aromatic carbocycles. The van der Waals surface area contributed by atoms with Crippen LogP contribution in [0.4, 0.5) is 0 Å². The smallest absolute Gasteiger partial charge is 0.343 e. The maximum absolute atomic E-state index is 12.2. The molecule has 0 saturated heterocycles. The summed E-state index contributed by atoms with van der Waals surface area (Å²) in [5, 5.41) is 19.9. The third-order valence-corrected chi connectivity index (χ3v) is 6.98. The van der Waals surface area contributed by atoms with Crippen molar-refractivity contribution in [1.82, 2.24) is 0 Å². The highest BCUT2D eigenvalue weighted by atomic mass is 16.4. The maximum Gasteiger partial charge on any atom is 0.343 e. The van der Waals surface area contributed by atoms with Crippen LogP contribution in [0.5, 0.6) is 0 Å².